The molecule has 0 aromatic rings. The highest BCUT2D eigenvalue weighted by atomic mass is 16.4. The number of nitrogens with one attached hydrogen (secondary N) is 4. The van der Waals surface area contributed by atoms with Gasteiger partial charge in [0.1, 0.15) is 18.1 Å². The van der Waals surface area contributed by atoms with Gasteiger partial charge >= 0.3 is 11.9 Å². The average molecular weight is 457 g/mol. The molecule has 0 bridgehead atoms. The molecule has 1 saturated heterocycles. The number of hydrogen-bond acceptors (Lipinski definition) is 7. The number of carbonyl (C=O) groups excluding carboxylic acids is 4. The molecule has 0 aliphatic carbocycles. The van der Waals surface area contributed by atoms with Gasteiger partial charge in [-0.3, -0.25) is 24.0 Å². The third-order valence-corrected chi connectivity index (χ3v) is 5.20. The van der Waals surface area contributed by atoms with Gasteiger partial charge in [-0.25, -0.2) is 4.79 Å². The fourth-order valence-corrected chi connectivity index (χ4v) is 3.18. The van der Waals surface area contributed by atoms with Crippen LogP contribution in [0.25, 0.3) is 0 Å². The highest BCUT2D eigenvalue weighted by molar-refractivity contribution is 5.96. The fraction of sp³-hybridized carbons (Fsp3) is 0.684. The summed E-state index contributed by atoms with van der Waals surface area (Å²) in [7, 11) is 0. The number of primary amides is 1. The molecule has 1 aliphatic rings. The molecule has 0 spiro atoms. The van der Waals surface area contributed by atoms with E-state index < -0.39 is 78.5 Å². The summed E-state index contributed by atoms with van der Waals surface area (Å²) in [5.41, 5.74) is 5.01. The Morgan fingerprint density at radius 1 is 1.00 bits per heavy atom. The summed E-state index contributed by atoms with van der Waals surface area (Å²) in [4.78, 5) is 71.4. The first-order valence-electron chi connectivity index (χ1n) is 10.3. The summed E-state index contributed by atoms with van der Waals surface area (Å²) < 4.78 is 0. The lowest BCUT2D eigenvalue weighted by atomic mass is 9.97. The van der Waals surface area contributed by atoms with E-state index in [1.165, 1.54) is 0 Å². The van der Waals surface area contributed by atoms with E-state index in [-0.39, 0.29) is 0 Å². The van der Waals surface area contributed by atoms with E-state index in [0.29, 0.717) is 19.4 Å². The first kappa shape index (κ1) is 26.8. The van der Waals surface area contributed by atoms with Crippen molar-refractivity contribution in [2.75, 3.05) is 6.54 Å². The minimum atomic E-state index is -1.59. The summed E-state index contributed by atoms with van der Waals surface area (Å²) in [6.07, 6.45) is 0.364. The third kappa shape index (κ3) is 8.49. The highest BCUT2D eigenvalue weighted by Crippen LogP contribution is 2.11. The van der Waals surface area contributed by atoms with Crippen molar-refractivity contribution in [2.24, 2.45) is 11.7 Å². The fourth-order valence-electron chi connectivity index (χ4n) is 3.18. The molecular formula is C19H31N5O8. The van der Waals surface area contributed by atoms with Crippen molar-refractivity contribution in [2.45, 2.75) is 70.1 Å². The van der Waals surface area contributed by atoms with Crippen LogP contribution >= 0.6 is 0 Å². The maximum Gasteiger partial charge on any atom is 0.326 e. The van der Waals surface area contributed by atoms with Crippen molar-refractivity contribution in [3.8, 4) is 0 Å². The largest absolute Gasteiger partial charge is 0.481 e. The summed E-state index contributed by atoms with van der Waals surface area (Å²) in [6.45, 7) is 3.99. The van der Waals surface area contributed by atoms with E-state index in [9.17, 15) is 33.9 Å². The van der Waals surface area contributed by atoms with Crippen LogP contribution in [-0.2, 0) is 28.8 Å². The minimum Gasteiger partial charge on any atom is -0.481 e. The third-order valence-electron chi connectivity index (χ3n) is 5.20. The van der Waals surface area contributed by atoms with Gasteiger partial charge in [0.2, 0.25) is 23.6 Å². The first-order valence-corrected chi connectivity index (χ1v) is 10.3. The Morgan fingerprint density at radius 2 is 1.66 bits per heavy atom. The zero-order chi connectivity index (χ0) is 24.4. The van der Waals surface area contributed by atoms with E-state index in [2.05, 4.69) is 21.3 Å². The molecule has 0 saturated carbocycles. The molecule has 32 heavy (non-hydrogen) atoms. The van der Waals surface area contributed by atoms with Crippen molar-refractivity contribution in [1.82, 2.24) is 21.3 Å². The molecule has 5 unspecified atom stereocenters. The van der Waals surface area contributed by atoms with Gasteiger partial charge < -0.3 is 37.2 Å². The van der Waals surface area contributed by atoms with Crippen LogP contribution in [0.3, 0.4) is 0 Å². The lowest BCUT2D eigenvalue weighted by molar-refractivity contribution is -0.144. The Kier molecular flexibility index (Phi) is 10.5. The zero-order valence-electron chi connectivity index (χ0n) is 18.1. The number of carboxylic acid groups (broad SMARTS) is 2. The van der Waals surface area contributed by atoms with Crippen LogP contribution in [0.15, 0.2) is 0 Å². The van der Waals surface area contributed by atoms with Gasteiger partial charge in [-0.15, -0.1) is 0 Å². The zero-order valence-corrected chi connectivity index (χ0v) is 18.1. The summed E-state index contributed by atoms with van der Waals surface area (Å²) in [6, 6.07) is -4.81. The maximum absolute atomic E-state index is 12.8. The second kappa shape index (κ2) is 12.6. The molecule has 4 amide bonds. The van der Waals surface area contributed by atoms with Gasteiger partial charge in [0, 0.05) is 0 Å². The normalized spacial score (nSPS) is 19.1. The van der Waals surface area contributed by atoms with E-state index in [1.807, 2.05) is 0 Å². The van der Waals surface area contributed by atoms with Gasteiger partial charge in [0.15, 0.2) is 0 Å². The molecule has 1 rings (SSSR count). The van der Waals surface area contributed by atoms with E-state index in [0.717, 1.165) is 6.42 Å². The van der Waals surface area contributed by atoms with E-state index in [1.54, 1.807) is 13.8 Å². The number of rotatable bonds is 13. The maximum atomic E-state index is 12.8. The molecule has 0 aromatic heterocycles. The van der Waals surface area contributed by atoms with Crippen molar-refractivity contribution in [1.29, 1.82) is 0 Å². The predicted molar refractivity (Wildman–Crippen MR) is 110 cm³/mol. The van der Waals surface area contributed by atoms with E-state index >= 15 is 0 Å². The Labute approximate surface area is 184 Å². The molecule has 13 nitrogen and oxygen atoms in total. The molecule has 180 valence electrons. The van der Waals surface area contributed by atoms with Gasteiger partial charge in [0.05, 0.1) is 18.9 Å². The molecule has 0 radical (unpaired) electrons. The number of carboxylic acids is 2. The second-order valence-electron chi connectivity index (χ2n) is 7.75. The van der Waals surface area contributed by atoms with Gasteiger partial charge in [-0.05, 0) is 25.3 Å². The van der Waals surface area contributed by atoms with Crippen LogP contribution in [0.1, 0.15) is 46.0 Å². The predicted octanol–water partition coefficient (Wildman–Crippen LogP) is -2.33. The summed E-state index contributed by atoms with van der Waals surface area (Å²) in [5.74, 6) is -6.53. The standard InChI is InChI=1S/C19H31N5O8/c1-3-9(2)15(18(30)23-12(19(31)32)7-13(20)25)24-17(29)11(8-14(26)27)22-16(28)10-5-4-6-21-10/h9-12,15,21H,3-8H2,1-2H3,(H2,20,25)(H,22,28)(H,23,30)(H,24,29)(H,26,27)(H,31,32). The number of carbonyl (C=O) groups is 6. The minimum absolute atomic E-state index is 0.411. The van der Waals surface area contributed by atoms with Crippen LogP contribution in [0.4, 0.5) is 0 Å². The average Bonchev–Trinajstić information content (AvgIpc) is 3.24. The Hall–Kier alpha value is -3.22. The van der Waals surface area contributed by atoms with Gasteiger partial charge in [-0.2, -0.15) is 0 Å². The lowest BCUT2D eigenvalue weighted by Crippen LogP contribution is -2.59. The Bertz CT molecular complexity index is 737. The molecule has 8 N–H and O–H groups in total. The van der Waals surface area contributed by atoms with Crippen LogP contribution in [-0.4, -0.2) is 76.5 Å². The van der Waals surface area contributed by atoms with E-state index in [4.69, 9.17) is 10.8 Å². The molecule has 1 heterocycles. The van der Waals surface area contributed by atoms with Crippen LogP contribution in [0, 0.1) is 5.92 Å². The number of amides is 4. The van der Waals surface area contributed by atoms with Crippen molar-refractivity contribution in [3.05, 3.63) is 0 Å². The molecular weight excluding hydrogens is 426 g/mol. The Balaban J connectivity index is 2.96. The van der Waals surface area contributed by atoms with Gasteiger partial charge in [0.25, 0.3) is 0 Å². The molecule has 1 aliphatic heterocycles. The SMILES string of the molecule is CCC(C)C(NC(=O)C(CC(=O)O)NC(=O)C1CCCN1)C(=O)NC(CC(N)=O)C(=O)O. The number of hydrogen-bond donors (Lipinski definition) is 7. The molecule has 0 aromatic carbocycles. The topological polar surface area (TPSA) is 217 Å². The smallest absolute Gasteiger partial charge is 0.326 e. The Morgan fingerprint density at radius 3 is 2.12 bits per heavy atom. The van der Waals surface area contributed by atoms with Crippen LogP contribution in [0.2, 0.25) is 0 Å². The highest BCUT2D eigenvalue weighted by Gasteiger charge is 2.34. The number of nitrogens with two attached hydrogens (primary N) is 1. The van der Waals surface area contributed by atoms with Crippen LogP contribution in [0.5, 0.6) is 0 Å². The number of aliphatic carboxylic acids is 2. The summed E-state index contributed by atoms with van der Waals surface area (Å²) in [5, 5.41) is 28.2. The second-order valence-corrected chi connectivity index (χ2v) is 7.75. The van der Waals surface area contributed by atoms with Crippen molar-refractivity contribution >= 4 is 35.6 Å². The van der Waals surface area contributed by atoms with Gasteiger partial charge in [-0.1, -0.05) is 20.3 Å². The molecule has 5 atom stereocenters. The van der Waals surface area contributed by atoms with Crippen LogP contribution < -0.4 is 27.0 Å². The lowest BCUT2D eigenvalue weighted by Gasteiger charge is -2.27. The first-order chi connectivity index (χ1) is 15.0. The summed E-state index contributed by atoms with van der Waals surface area (Å²) >= 11 is 0. The quantitative estimate of drug-likeness (QED) is 0.158. The van der Waals surface area contributed by atoms with Crippen molar-refractivity contribution < 1.29 is 39.0 Å². The van der Waals surface area contributed by atoms with Crippen molar-refractivity contribution in [3.63, 3.8) is 0 Å². The molecule has 13 heteroatoms. The molecule has 1 fully saturated rings. The monoisotopic (exact) mass is 457 g/mol.